The van der Waals surface area contributed by atoms with Crippen LogP contribution in [0.1, 0.15) is 29.2 Å². The Morgan fingerprint density at radius 3 is 2.61 bits per heavy atom. The molecule has 3 heterocycles. The van der Waals surface area contributed by atoms with Gasteiger partial charge < -0.3 is 19.7 Å². The van der Waals surface area contributed by atoms with Crippen LogP contribution in [0.5, 0.6) is 0 Å². The SMILES string of the molecule is CCOCCN1CCN(CCc2ccc3c(c2)CO/C3=C2/C(=O)Nc3ccc(F)cc32)CC1. The van der Waals surface area contributed by atoms with Crippen molar-refractivity contribution in [2.24, 2.45) is 0 Å². The monoisotopic (exact) mass is 451 g/mol. The highest BCUT2D eigenvalue weighted by Gasteiger charge is 2.32. The molecular weight excluding hydrogens is 421 g/mol. The Labute approximate surface area is 194 Å². The van der Waals surface area contributed by atoms with Crippen LogP contribution in [-0.2, 0) is 27.3 Å². The topological polar surface area (TPSA) is 54.0 Å². The summed E-state index contributed by atoms with van der Waals surface area (Å²) < 4.78 is 25.2. The van der Waals surface area contributed by atoms with Crippen molar-refractivity contribution in [3.8, 4) is 0 Å². The highest BCUT2D eigenvalue weighted by Crippen LogP contribution is 2.41. The molecule has 1 saturated heterocycles. The summed E-state index contributed by atoms with van der Waals surface area (Å²) >= 11 is 0. The van der Waals surface area contributed by atoms with E-state index in [-0.39, 0.29) is 11.7 Å². The zero-order valence-electron chi connectivity index (χ0n) is 19.0. The molecule has 3 aliphatic rings. The van der Waals surface area contributed by atoms with Gasteiger partial charge in [0.05, 0.1) is 12.2 Å². The van der Waals surface area contributed by atoms with Crippen LogP contribution in [0.4, 0.5) is 10.1 Å². The average Bonchev–Trinajstić information content (AvgIpc) is 3.37. The van der Waals surface area contributed by atoms with Gasteiger partial charge in [-0.15, -0.1) is 0 Å². The lowest BCUT2D eigenvalue weighted by atomic mass is 9.98. The van der Waals surface area contributed by atoms with E-state index in [0.29, 0.717) is 29.2 Å². The van der Waals surface area contributed by atoms with Crippen LogP contribution >= 0.6 is 0 Å². The number of carbonyl (C=O) groups is 1. The van der Waals surface area contributed by atoms with Gasteiger partial charge in [0.2, 0.25) is 0 Å². The molecule has 33 heavy (non-hydrogen) atoms. The van der Waals surface area contributed by atoms with Crippen molar-refractivity contribution in [2.75, 3.05) is 57.8 Å². The van der Waals surface area contributed by atoms with Crippen molar-refractivity contribution in [2.45, 2.75) is 20.0 Å². The Kier molecular flexibility index (Phi) is 6.44. The van der Waals surface area contributed by atoms with E-state index in [4.69, 9.17) is 9.47 Å². The lowest BCUT2D eigenvalue weighted by Crippen LogP contribution is -2.47. The first-order chi connectivity index (χ1) is 16.1. The van der Waals surface area contributed by atoms with Crippen molar-refractivity contribution in [3.63, 3.8) is 0 Å². The van der Waals surface area contributed by atoms with Crippen LogP contribution < -0.4 is 5.32 Å². The molecule has 3 aliphatic heterocycles. The second kappa shape index (κ2) is 9.63. The number of piperazine rings is 1. The number of nitrogens with zero attached hydrogens (tertiary/aromatic N) is 2. The van der Waals surface area contributed by atoms with Crippen molar-refractivity contribution in [1.82, 2.24) is 9.80 Å². The van der Waals surface area contributed by atoms with E-state index in [2.05, 4.69) is 27.2 Å². The first-order valence-corrected chi connectivity index (χ1v) is 11.8. The Bertz CT molecular complexity index is 1080. The Balaban J connectivity index is 1.23. The summed E-state index contributed by atoms with van der Waals surface area (Å²) in [5.41, 5.74) is 4.86. The van der Waals surface area contributed by atoms with Gasteiger partial charge in [-0.05, 0) is 37.1 Å². The summed E-state index contributed by atoms with van der Waals surface area (Å²) in [6.07, 6.45) is 0.979. The van der Waals surface area contributed by atoms with Gasteiger partial charge in [0.25, 0.3) is 5.91 Å². The van der Waals surface area contributed by atoms with Gasteiger partial charge in [0.1, 0.15) is 18.2 Å². The van der Waals surface area contributed by atoms with Crippen molar-refractivity contribution >= 4 is 22.9 Å². The summed E-state index contributed by atoms with van der Waals surface area (Å²) in [5.74, 6) is -0.0726. The first kappa shape index (κ1) is 22.1. The van der Waals surface area contributed by atoms with Crippen LogP contribution in [0.2, 0.25) is 0 Å². The zero-order valence-corrected chi connectivity index (χ0v) is 19.0. The molecule has 2 aromatic carbocycles. The summed E-state index contributed by atoms with van der Waals surface area (Å²) in [7, 11) is 0. The number of hydrogen-bond acceptors (Lipinski definition) is 5. The number of nitrogens with one attached hydrogen (secondary N) is 1. The fourth-order valence-electron chi connectivity index (χ4n) is 4.80. The number of benzene rings is 2. The highest BCUT2D eigenvalue weighted by atomic mass is 19.1. The summed E-state index contributed by atoms with van der Waals surface area (Å²) in [5, 5.41) is 2.81. The van der Waals surface area contributed by atoms with Gasteiger partial charge in [-0.25, -0.2) is 4.39 Å². The Morgan fingerprint density at radius 1 is 1.03 bits per heavy atom. The third-order valence-electron chi connectivity index (χ3n) is 6.68. The molecule has 174 valence electrons. The molecule has 1 N–H and O–H groups in total. The van der Waals surface area contributed by atoms with Gasteiger partial charge in [-0.3, -0.25) is 9.69 Å². The van der Waals surface area contributed by atoms with Gasteiger partial charge >= 0.3 is 0 Å². The van der Waals surface area contributed by atoms with Crippen LogP contribution in [0, 0.1) is 5.82 Å². The largest absolute Gasteiger partial charge is 0.487 e. The summed E-state index contributed by atoms with van der Waals surface area (Å²) in [6.45, 7) is 10.4. The van der Waals surface area contributed by atoms with Gasteiger partial charge in [0.15, 0.2) is 0 Å². The van der Waals surface area contributed by atoms with Crippen LogP contribution in [0.15, 0.2) is 36.4 Å². The Morgan fingerprint density at radius 2 is 1.82 bits per heavy atom. The normalized spacial score (nSPS) is 20.5. The van der Waals surface area contributed by atoms with E-state index in [1.807, 2.05) is 13.0 Å². The molecular formula is C26H30FN3O3. The van der Waals surface area contributed by atoms with Crippen LogP contribution in [-0.4, -0.2) is 68.2 Å². The quantitative estimate of drug-likeness (QED) is 0.517. The van der Waals surface area contributed by atoms with Crippen LogP contribution in [0.3, 0.4) is 0 Å². The van der Waals surface area contributed by atoms with Crippen molar-refractivity contribution < 1.29 is 18.7 Å². The molecule has 0 aliphatic carbocycles. The minimum Gasteiger partial charge on any atom is -0.487 e. The minimum absolute atomic E-state index is 0.247. The maximum atomic E-state index is 13.8. The number of amides is 1. The molecule has 5 rings (SSSR count). The molecule has 7 heteroatoms. The van der Waals surface area contributed by atoms with Gasteiger partial charge in [-0.2, -0.15) is 0 Å². The molecule has 0 spiro atoms. The molecule has 1 amide bonds. The molecule has 0 unspecified atom stereocenters. The molecule has 6 nitrogen and oxygen atoms in total. The van der Waals surface area contributed by atoms with Gasteiger partial charge in [0, 0.05) is 68.3 Å². The van der Waals surface area contributed by atoms with E-state index < -0.39 is 0 Å². The number of carbonyl (C=O) groups excluding carboxylic acids is 1. The molecule has 0 bridgehead atoms. The molecule has 0 radical (unpaired) electrons. The van der Waals surface area contributed by atoms with E-state index >= 15 is 0 Å². The maximum absolute atomic E-state index is 13.8. The van der Waals surface area contributed by atoms with E-state index in [1.54, 1.807) is 6.07 Å². The third-order valence-corrected chi connectivity index (χ3v) is 6.68. The minimum atomic E-state index is -0.368. The van der Waals surface area contributed by atoms with E-state index in [1.165, 1.54) is 17.7 Å². The molecule has 0 saturated carbocycles. The van der Waals surface area contributed by atoms with Gasteiger partial charge in [-0.1, -0.05) is 18.2 Å². The van der Waals surface area contributed by atoms with Crippen molar-refractivity contribution in [3.05, 3.63) is 64.5 Å². The predicted molar refractivity (Wildman–Crippen MR) is 126 cm³/mol. The lowest BCUT2D eigenvalue weighted by Gasteiger charge is -2.34. The molecule has 0 aromatic heterocycles. The number of hydrogen-bond donors (Lipinski definition) is 1. The number of ether oxygens (including phenoxy) is 2. The predicted octanol–water partition coefficient (Wildman–Crippen LogP) is 3.37. The average molecular weight is 452 g/mol. The van der Waals surface area contributed by atoms with E-state index in [0.717, 1.165) is 70.0 Å². The first-order valence-electron chi connectivity index (χ1n) is 11.8. The number of anilines is 1. The fraction of sp³-hybridized carbons (Fsp3) is 0.423. The van der Waals surface area contributed by atoms with Crippen LogP contribution in [0.25, 0.3) is 11.3 Å². The zero-order chi connectivity index (χ0) is 22.8. The molecule has 0 atom stereocenters. The standard InChI is InChI=1S/C26H30FN3O3/c1-2-32-14-13-30-11-9-29(10-12-30)8-7-18-3-5-21-19(15-18)17-33-25(21)24-22-16-20(27)4-6-23(22)28-26(24)31/h3-6,15-16H,2,7-14,17H2,1H3,(H,28,31)/b25-24+. The second-order valence-corrected chi connectivity index (χ2v) is 8.76. The number of fused-ring (bicyclic) bond motifs is 2. The highest BCUT2D eigenvalue weighted by molar-refractivity contribution is 6.36. The summed E-state index contributed by atoms with van der Waals surface area (Å²) in [6, 6.07) is 10.7. The third kappa shape index (κ3) is 4.67. The fourth-order valence-corrected chi connectivity index (χ4v) is 4.80. The lowest BCUT2D eigenvalue weighted by molar-refractivity contribution is -0.110. The molecule has 2 aromatic rings. The maximum Gasteiger partial charge on any atom is 0.260 e. The number of halogens is 1. The summed E-state index contributed by atoms with van der Waals surface area (Å²) in [4.78, 5) is 17.6. The van der Waals surface area contributed by atoms with E-state index in [9.17, 15) is 9.18 Å². The molecule has 1 fully saturated rings. The van der Waals surface area contributed by atoms with Crippen molar-refractivity contribution in [1.29, 1.82) is 0 Å². The Hall–Kier alpha value is -2.74. The number of rotatable bonds is 7. The second-order valence-electron chi connectivity index (χ2n) is 8.76. The smallest absolute Gasteiger partial charge is 0.260 e.